The van der Waals surface area contributed by atoms with Crippen molar-refractivity contribution in [3.05, 3.63) is 12.4 Å². The van der Waals surface area contributed by atoms with Gasteiger partial charge in [0.1, 0.15) is 4.90 Å². The van der Waals surface area contributed by atoms with Crippen molar-refractivity contribution in [1.29, 1.82) is 0 Å². The zero-order valence-electron chi connectivity index (χ0n) is 9.80. The fraction of sp³-hybridized carbons (Fsp3) is 0.700. The minimum absolute atomic E-state index is 0.00555. The number of ether oxygens (including phenoxy) is 1. The van der Waals surface area contributed by atoms with Crippen LogP contribution in [0.4, 0.5) is 0 Å². The molecule has 0 radical (unpaired) electrons. The SMILES string of the molecule is CCn1cc(S(=O)(=O)NCC2CCCO2)cn1. The zero-order valence-corrected chi connectivity index (χ0v) is 10.6. The molecule has 1 aliphatic rings. The van der Waals surface area contributed by atoms with E-state index >= 15 is 0 Å². The van der Waals surface area contributed by atoms with Gasteiger partial charge in [-0.2, -0.15) is 5.10 Å². The summed E-state index contributed by atoms with van der Waals surface area (Å²) in [6, 6.07) is 0. The maximum absolute atomic E-state index is 11.9. The molecule has 0 aliphatic carbocycles. The molecule has 2 heterocycles. The lowest BCUT2D eigenvalue weighted by Crippen LogP contribution is -2.31. The number of nitrogens with one attached hydrogen (secondary N) is 1. The van der Waals surface area contributed by atoms with Crippen LogP contribution in [0.25, 0.3) is 0 Å². The van der Waals surface area contributed by atoms with Crippen molar-refractivity contribution in [3.63, 3.8) is 0 Å². The smallest absolute Gasteiger partial charge is 0.243 e. The Bertz CT molecular complexity index is 463. The first-order valence-corrected chi connectivity index (χ1v) is 7.24. The summed E-state index contributed by atoms with van der Waals surface area (Å²) in [4.78, 5) is 0.206. The fourth-order valence-electron chi connectivity index (χ4n) is 1.75. The highest BCUT2D eigenvalue weighted by Crippen LogP contribution is 2.12. The van der Waals surface area contributed by atoms with E-state index < -0.39 is 10.0 Å². The fourth-order valence-corrected chi connectivity index (χ4v) is 2.77. The largest absolute Gasteiger partial charge is 0.377 e. The molecule has 0 amide bonds. The molecule has 0 bridgehead atoms. The van der Waals surface area contributed by atoms with Gasteiger partial charge in [0.15, 0.2) is 0 Å². The molecular formula is C10H17N3O3S. The maximum atomic E-state index is 11.9. The van der Waals surface area contributed by atoms with Crippen molar-refractivity contribution in [2.75, 3.05) is 13.2 Å². The topological polar surface area (TPSA) is 73.2 Å². The Hall–Kier alpha value is -0.920. The molecule has 17 heavy (non-hydrogen) atoms. The van der Waals surface area contributed by atoms with Crippen LogP contribution in [0.5, 0.6) is 0 Å². The first-order valence-electron chi connectivity index (χ1n) is 5.75. The average Bonchev–Trinajstić information content (AvgIpc) is 2.98. The summed E-state index contributed by atoms with van der Waals surface area (Å²) in [5.41, 5.74) is 0. The highest BCUT2D eigenvalue weighted by molar-refractivity contribution is 7.89. The Morgan fingerprint density at radius 1 is 1.65 bits per heavy atom. The van der Waals surface area contributed by atoms with Gasteiger partial charge in [-0.05, 0) is 19.8 Å². The Kier molecular flexibility index (Phi) is 3.80. The Labute approximate surface area is 101 Å². The Balaban J connectivity index is 1.97. The van der Waals surface area contributed by atoms with Gasteiger partial charge in [0.2, 0.25) is 10.0 Å². The van der Waals surface area contributed by atoms with Gasteiger partial charge in [0, 0.05) is 25.9 Å². The van der Waals surface area contributed by atoms with E-state index in [2.05, 4.69) is 9.82 Å². The second kappa shape index (κ2) is 5.16. The number of sulfonamides is 1. The molecule has 1 aromatic heterocycles. The Morgan fingerprint density at radius 3 is 3.06 bits per heavy atom. The lowest BCUT2D eigenvalue weighted by atomic mass is 10.2. The van der Waals surface area contributed by atoms with Crippen molar-refractivity contribution in [2.24, 2.45) is 0 Å². The molecule has 1 atom stereocenters. The lowest BCUT2D eigenvalue weighted by Gasteiger charge is -2.10. The first-order chi connectivity index (χ1) is 8.12. The van der Waals surface area contributed by atoms with Crippen LogP contribution < -0.4 is 4.72 Å². The van der Waals surface area contributed by atoms with Crippen LogP contribution >= 0.6 is 0 Å². The predicted octanol–water partition coefficient (Wildman–Crippen LogP) is 0.360. The molecule has 96 valence electrons. The molecule has 0 aromatic carbocycles. The summed E-state index contributed by atoms with van der Waals surface area (Å²) >= 11 is 0. The third kappa shape index (κ3) is 3.05. The molecule has 1 saturated heterocycles. The second-order valence-electron chi connectivity index (χ2n) is 4.02. The van der Waals surface area contributed by atoms with Gasteiger partial charge in [-0.15, -0.1) is 0 Å². The monoisotopic (exact) mass is 259 g/mol. The van der Waals surface area contributed by atoms with Gasteiger partial charge in [-0.3, -0.25) is 4.68 Å². The molecular weight excluding hydrogens is 242 g/mol. The standard InChI is InChI=1S/C10H17N3O3S/c1-2-13-8-10(7-11-13)17(14,15)12-6-9-4-3-5-16-9/h7-9,12H,2-6H2,1H3. The summed E-state index contributed by atoms with van der Waals surface area (Å²) < 4.78 is 33.3. The number of aryl methyl sites for hydroxylation is 1. The van der Waals surface area contributed by atoms with E-state index in [-0.39, 0.29) is 11.0 Å². The molecule has 7 heteroatoms. The molecule has 6 nitrogen and oxygen atoms in total. The average molecular weight is 259 g/mol. The molecule has 0 saturated carbocycles. The Morgan fingerprint density at radius 2 is 2.47 bits per heavy atom. The number of rotatable bonds is 5. The van der Waals surface area contributed by atoms with Gasteiger partial charge in [0.25, 0.3) is 0 Å². The predicted molar refractivity (Wildman–Crippen MR) is 62.1 cm³/mol. The maximum Gasteiger partial charge on any atom is 0.243 e. The third-order valence-electron chi connectivity index (χ3n) is 2.77. The van der Waals surface area contributed by atoms with Gasteiger partial charge >= 0.3 is 0 Å². The second-order valence-corrected chi connectivity index (χ2v) is 5.79. The number of aromatic nitrogens is 2. The highest BCUT2D eigenvalue weighted by Gasteiger charge is 2.21. The summed E-state index contributed by atoms with van der Waals surface area (Å²) in [5.74, 6) is 0. The van der Waals surface area contributed by atoms with E-state index in [1.807, 2.05) is 6.92 Å². The van der Waals surface area contributed by atoms with Gasteiger partial charge < -0.3 is 4.74 Å². The van der Waals surface area contributed by atoms with E-state index in [1.54, 1.807) is 4.68 Å². The zero-order chi connectivity index (χ0) is 12.3. The summed E-state index contributed by atoms with van der Waals surface area (Å²) in [7, 11) is -3.45. The highest BCUT2D eigenvalue weighted by atomic mass is 32.2. The number of hydrogen-bond acceptors (Lipinski definition) is 4. The van der Waals surface area contributed by atoms with E-state index in [1.165, 1.54) is 12.4 Å². The lowest BCUT2D eigenvalue weighted by molar-refractivity contribution is 0.114. The van der Waals surface area contributed by atoms with Crippen LogP contribution in [0.3, 0.4) is 0 Å². The van der Waals surface area contributed by atoms with Gasteiger partial charge in [0.05, 0.1) is 12.3 Å². The van der Waals surface area contributed by atoms with Gasteiger partial charge in [-0.25, -0.2) is 13.1 Å². The molecule has 1 N–H and O–H groups in total. The summed E-state index contributed by atoms with van der Waals surface area (Å²) in [6.07, 6.45) is 4.81. The first kappa shape index (κ1) is 12.5. The van der Waals surface area contributed by atoms with Crippen LogP contribution in [0.15, 0.2) is 17.3 Å². The quantitative estimate of drug-likeness (QED) is 0.828. The van der Waals surface area contributed by atoms with Crippen molar-refractivity contribution in [3.8, 4) is 0 Å². The molecule has 0 spiro atoms. The number of hydrogen-bond donors (Lipinski definition) is 1. The van der Waals surface area contributed by atoms with E-state index in [0.717, 1.165) is 19.4 Å². The van der Waals surface area contributed by atoms with Crippen molar-refractivity contribution in [2.45, 2.75) is 37.3 Å². The molecule has 2 rings (SSSR count). The van der Waals surface area contributed by atoms with Crippen molar-refractivity contribution in [1.82, 2.24) is 14.5 Å². The minimum atomic E-state index is -3.45. The van der Waals surface area contributed by atoms with Crippen LogP contribution in [0, 0.1) is 0 Å². The minimum Gasteiger partial charge on any atom is -0.377 e. The van der Waals surface area contributed by atoms with Crippen LogP contribution in [-0.4, -0.2) is 37.5 Å². The molecule has 1 unspecified atom stereocenters. The van der Waals surface area contributed by atoms with E-state index in [9.17, 15) is 8.42 Å². The molecule has 1 fully saturated rings. The third-order valence-corrected chi connectivity index (χ3v) is 4.15. The van der Waals surface area contributed by atoms with Crippen molar-refractivity contribution < 1.29 is 13.2 Å². The van der Waals surface area contributed by atoms with Crippen molar-refractivity contribution >= 4 is 10.0 Å². The van der Waals surface area contributed by atoms with E-state index in [0.29, 0.717) is 13.1 Å². The van der Waals surface area contributed by atoms with E-state index in [4.69, 9.17) is 4.74 Å². The molecule has 1 aliphatic heterocycles. The van der Waals surface area contributed by atoms with Crippen LogP contribution in [-0.2, 0) is 21.3 Å². The normalized spacial score (nSPS) is 20.9. The van der Waals surface area contributed by atoms with Gasteiger partial charge in [-0.1, -0.05) is 0 Å². The number of nitrogens with zero attached hydrogens (tertiary/aromatic N) is 2. The van der Waals surface area contributed by atoms with Crippen LogP contribution in [0.1, 0.15) is 19.8 Å². The summed E-state index contributed by atoms with van der Waals surface area (Å²) in [5, 5.41) is 3.95. The van der Waals surface area contributed by atoms with Crippen LogP contribution in [0.2, 0.25) is 0 Å². The molecule has 1 aromatic rings. The summed E-state index contributed by atoms with van der Waals surface area (Å²) in [6.45, 7) is 3.62.